The molecule has 1 heterocycles. The number of ether oxygens (including phenoxy) is 2. The predicted octanol–water partition coefficient (Wildman–Crippen LogP) is 3.95. The average Bonchev–Trinajstić information content (AvgIpc) is 2.68. The summed E-state index contributed by atoms with van der Waals surface area (Å²) in [6.07, 6.45) is 3.09. The minimum Gasteiger partial charge on any atom is -0.493 e. The van der Waals surface area contributed by atoms with Crippen molar-refractivity contribution in [3.63, 3.8) is 0 Å². The number of rotatable bonds is 7. The maximum atomic E-state index is 12.3. The third kappa shape index (κ3) is 5.73. The Balaban J connectivity index is 1.53. The zero-order chi connectivity index (χ0) is 19.1. The first-order chi connectivity index (χ1) is 13.1. The zero-order valence-corrected chi connectivity index (χ0v) is 15.9. The van der Waals surface area contributed by atoms with Crippen molar-refractivity contribution in [1.82, 2.24) is 0 Å². The van der Waals surface area contributed by atoms with Crippen LogP contribution in [0.4, 0.5) is 11.4 Å². The number of anilines is 2. The van der Waals surface area contributed by atoms with Gasteiger partial charge in [-0.2, -0.15) is 0 Å². The third-order valence-electron chi connectivity index (χ3n) is 4.96. The highest BCUT2D eigenvalue weighted by molar-refractivity contribution is 5.91. The van der Waals surface area contributed by atoms with Crippen molar-refractivity contribution in [1.29, 1.82) is 0 Å². The molecule has 3 rings (SSSR count). The molecule has 0 bridgehead atoms. The molecule has 1 fully saturated rings. The van der Waals surface area contributed by atoms with E-state index in [-0.39, 0.29) is 5.91 Å². The lowest BCUT2D eigenvalue weighted by atomic mass is 10.0. The Hall–Kier alpha value is -2.53. The van der Waals surface area contributed by atoms with Gasteiger partial charge in [0.2, 0.25) is 5.91 Å². The molecule has 0 unspecified atom stereocenters. The molecule has 1 saturated heterocycles. The van der Waals surface area contributed by atoms with Crippen LogP contribution in [-0.2, 0) is 16.0 Å². The Kier molecular flexibility index (Phi) is 6.71. The molecular formula is C22H28N2O3. The fourth-order valence-electron chi connectivity index (χ4n) is 3.19. The molecule has 144 valence electrons. The number of carbonyl (C=O) groups is 1. The van der Waals surface area contributed by atoms with Gasteiger partial charge in [-0.1, -0.05) is 24.3 Å². The van der Waals surface area contributed by atoms with Gasteiger partial charge in [-0.15, -0.1) is 0 Å². The normalized spacial score (nSPS) is 14.7. The van der Waals surface area contributed by atoms with Crippen molar-refractivity contribution in [2.45, 2.75) is 32.6 Å². The van der Waals surface area contributed by atoms with Crippen molar-refractivity contribution in [3.05, 3.63) is 53.6 Å². The van der Waals surface area contributed by atoms with Crippen molar-refractivity contribution in [2.75, 3.05) is 30.9 Å². The van der Waals surface area contributed by atoms with Gasteiger partial charge in [0, 0.05) is 37.1 Å². The minimum atomic E-state index is -0.0301. The highest BCUT2D eigenvalue weighted by Crippen LogP contribution is 2.25. The number of para-hydroxylation sites is 1. The molecule has 2 aromatic carbocycles. The van der Waals surface area contributed by atoms with E-state index in [1.54, 1.807) is 0 Å². The fraction of sp³-hybridized carbons (Fsp3) is 0.409. The summed E-state index contributed by atoms with van der Waals surface area (Å²) in [7, 11) is 0. The number of nitrogen functional groups attached to an aromatic ring is 1. The van der Waals surface area contributed by atoms with E-state index in [2.05, 4.69) is 5.32 Å². The van der Waals surface area contributed by atoms with Crippen LogP contribution in [-0.4, -0.2) is 25.7 Å². The van der Waals surface area contributed by atoms with Crippen LogP contribution in [0.3, 0.4) is 0 Å². The molecule has 27 heavy (non-hydrogen) atoms. The number of carbonyl (C=O) groups excluding carboxylic acids is 1. The quantitative estimate of drug-likeness (QED) is 0.726. The molecule has 0 radical (unpaired) electrons. The molecule has 0 spiro atoms. The monoisotopic (exact) mass is 368 g/mol. The first-order valence-electron chi connectivity index (χ1n) is 9.56. The number of hydrogen-bond acceptors (Lipinski definition) is 4. The van der Waals surface area contributed by atoms with Gasteiger partial charge in [0.1, 0.15) is 5.75 Å². The SMILES string of the molecule is Cc1ccc(NC(=O)CCc2ccccc2N)cc1OCC1CCOCC1. The molecule has 5 nitrogen and oxygen atoms in total. The van der Waals surface area contributed by atoms with Gasteiger partial charge < -0.3 is 20.5 Å². The Bertz CT molecular complexity index is 770. The van der Waals surface area contributed by atoms with E-state index in [1.165, 1.54) is 0 Å². The van der Waals surface area contributed by atoms with Gasteiger partial charge in [-0.05, 0) is 55.4 Å². The minimum absolute atomic E-state index is 0.0301. The number of benzene rings is 2. The summed E-state index contributed by atoms with van der Waals surface area (Å²) in [5.74, 6) is 1.33. The molecule has 5 heteroatoms. The van der Waals surface area contributed by atoms with Crippen LogP contribution in [0.1, 0.15) is 30.4 Å². The van der Waals surface area contributed by atoms with Gasteiger partial charge in [-0.3, -0.25) is 4.79 Å². The first-order valence-corrected chi connectivity index (χ1v) is 9.56. The lowest BCUT2D eigenvalue weighted by Crippen LogP contribution is -2.21. The van der Waals surface area contributed by atoms with Crippen molar-refractivity contribution in [3.8, 4) is 5.75 Å². The second-order valence-corrected chi connectivity index (χ2v) is 7.09. The Morgan fingerprint density at radius 2 is 2.00 bits per heavy atom. The molecule has 1 amide bonds. The topological polar surface area (TPSA) is 73.6 Å². The van der Waals surface area contributed by atoms with Crippen LogP contribution >= 0.6 is 0 Å². The van der Waals surface area contributed by atoms with Crippen LogP contribution in [0, 0.1) is 12.8 Å². The second kappa shape index (κ2) is 9.42. The highest BCUT2D eigenvalue weighted by atomic mass is 16.5. The van der Waals surface area contributed by atoms with E-state index in [1.807, 2.05) is 49.4 Å². The highest BCUT2D eigenvalue weighted by Gasteiger charge is 2.15. The van der Waals surface area contributed by atoms with Crippen molar-refractivity contribution < 1.29 is 14.3 Å². The average molecular weight is 368 g/mol. The smallest absolute Gasteiger partial charge is 0.224 e. The van der Waals surface area contributed by atoms with Gasteiger partial charge in [0.15, 0.2) is 0 Å². The number of nitrogens with one attached hydrogen (secondary N) is 1. The lowest BCUT2D eigenvalue weighted by molar-refractivity contribution is -0.116. The van der Waals surface area contributed by atoms with Crippen molar-refractivity contribution in [2.24, 2.45) is 5.92 Å². The van der Waals surface area contributed by atoms with Gasteiger partial charge in [0.25, 0.3) is 0 Å². The molecule has 0 atom stereocenters. The summed E-state index contributed by atoms with van der Waals surface area (Å²) in [5.41, 5.74) is 9.48. The standard InChI is InChI=1S/C22H28N2O3/c1-16-6-8-19(14-21(16)27-15-17-10-12-26-13-11-17)24-22(25)9-7-18-4-2-3-5-20(18)23/h2-6,8,14,17H,7,9-13,15,23H2,1H3,(H,24,25). The van der Waals surface area contributed by atoms with Crippen molar-refractivity contribution >= 4 is 17.3 Å². The summed E-state index contributed by atoms with van der Waals surface area (Å²) < 4.78 is 11.4. The Labute approximate surface area is 160 Å². The molecule has 3 N–H and O–H groups in total. The maximum absolute atomic E-state index is 12.3. The zero-order valence-electron chi connectivity index (χ0n) is 15.9. The summed E-state index contributed by atoms with van der Waals surface area (Å²) >= 11 is 0. The molecule has 2 aromatic rings. The van der Waals surface area contributed by atoms with Crippen LogP contribution < -0.4 is 15.8 Å². The molecule has 1 aliphatic rings. The number of aryl methyl sites for hydroxylation is 2. The van der Waals surface area contributed by atoms with Gasteiger partial charge >= 0.3 is 0 Å². The molecule has 0 saturated carbocycles. The molecule has 1 aliphatic heterocycles. The largest absolute Gasteiger partial charge is 0.493 e. The van der Waals surface area contributed by atoms with E-state index in [0.717, 1.165) is 54.3 Å². The van der Waals surface area contributed by atoms with Crippen LogP contribution in [0.15, 0.2) is 42.5 Å². The van der Waals surface area contributed by atoms with E-state index in [4.69, 9.17) is 15.2 Å². The van der Waals surface area contributed by atoms with E-state index in [0.29, 0.717) is 25.4 Å². The molecular weight excluding hydrogens is 340 g/mol. The number of amides is 1. The second-order valence-electron chi connectivity index (χ2n) is 7.09. The molecule has 0 aliphatic carbocycles. The van der Waals surface area contributed by atoms with Crippen LogP contribution in [0.5, 0.6) is 5.75 Å². The van der Waals surface area contributed by atoms with E-state index in [9.17, 15) is 4.79 Å². The Morgan fingerprint density at radius 1 is 1.22 bits per heavy atom. The molecule has 0 aromatic heterocycles. The number of hydrogen-bond donors (Lipinski definition) is 2. The fourth-order valence-corrected chi connectivity index (χ4v) is 3.19. The summed E-state index contributed by atoms with van der Waals surface area (Å²) in [4.78, 5) is 12.3. The first kappa shape index (κ1) is 19.2. The predicted molar refractivity (Wildman–Crippen MR) is 108 cm³/mol. The summed E-state index contributed by atoms with van der Waals surface area (Å²) in [5, 5.41) is 2.96. The van der Waals surface area contributed by atoms with E-state index >= 15 is 0 Å². The van der Waals surface area contributed by atoms with Crippen LogP contribution in [0.25, 0.3) is 0 Å². The lowest BCUT2D eigenvalue weighted by Gasteiger charge is -2.22. The van der Waals surface area contributed by atoms with Gasteiger partial charge in [-0.25, -0.2) is 0 Å². The van der Waals surface area contributed by atoms with Gasteiger partial charge in [0.05, 0.1) is 6.61 Å². The maximum Gasteiger partial charge on any atom is 0.224 e. The summed E-state index contributed by atoms with van der Waals surface area (Å²) in [6.45, 7) is 4.34. The summed E-state index contributed by atoms with van der Waals surface area (Å²) in [6, 6.07) is 13.4. The third-order valence-corrected chi connectivity index (χ3v) is 4.96. The van der Waals surface area contributed by atoms with E-state index < -0.39 is 0 Å². The van der Waals surface area contributed by atoms with Crippen LogP contribution in [0.2, 0.25) is 0 Å². The Morgan fingerprint density at radius 3 is 2.78 bits per heavy atom. The number of nitrogens with two attached hydrogens (primary N) is 1.